The Morgan fingerprint density at radius 2 is 1.97 bits per heavy atom. The fourth-order valence-electron chi connectivity index (χ4n) is 3.81. The molecule has 0 atom stereocenters. The number of amides is 4. The summed E-state index contributed by atoms with van der Waals surface area (Å²) in [6.07, 6.45) is 1.50. The normalized spacial score (nSPS) is 17.8. The summed E-state index contributed by atoms with van der Waals surface area (Å²) in [5.41, 5.74) is 1.28. The lowest BCUT2D eigenvalue weighted by Gasteiger charge is -2.22. The lowest BCUT2D eigenvalue weighted by Crippen LogP contribution is -2.47. The molecule has 3 heterocycles. The summed E-state index contributed by atoms with van der Waals surface area (Å²) < 4.78 is 1.86. The molecule has 1 N–H and O–H groups in total. The third-order valence-electron chi connectivity index (χ3n) is 5.69. The molecule has 1 aliphatic carbocycles. The Kier molecular flexibility index (Phi) is 4.18. The predicted octanol–water partition coefficient (Wildman–Crippen LogP) is 2.55. The predicted molar refractivity (Wildman–Crippen MR) is 113 cm³/mol. The first-order chi connectivity index (χ1) is 14.4. The number of benzene rings is 1. The van der Waals surface area contributed by atoms with Gasteiger partial charge in [-0.2, -0.15) is 5.10 Å². The van der Waals surface area contributed by atoms with Gasteiger partial charge >= 0.3 is 6.03 Å². The minimum Gasteiger partial charge on any atom is -0.344 e. The molecule has 0 bridgehead atoms. The standard InChI is InChI=1S/C21H21N5O3S/c1-13-15-10-16(30-19(15)26(23-13)14-6-4-3-5-7-14)18(28)22-21(8-9-21)12-25-17(27)11-24(2)20(25)29/h3-7,10H,8-9,11-12H2,1-2H3,(H,22,28). The number of fused-ring (bicyclic) bond motifs is 1. The number of para-hydroxylation sites is 1. The molecule has 3 aromatic rings. The van der Waals surface area contributed by atoms with E-state index in [1.807, 2.05) is 48.0 Å². The van der Waals surface area contributed by atoms with Crippen LogP contribution in [-0.2, 0) is 4.79 Å². The fourth-order valence-corrected chi connectivity index (χ4v) is 4.88. The van der Waals surface area contributed by atoms with Gasteiger partial charge in [0.05, 0.1) is 28.3 Å². The number of aryl methyl sites for hydroxylation is 1. The van der Waals surface area contributed by atoms with Crippen LogP contribution in [0.1, 0.15) is 28.2 Å². The molecule has 2 aromatic heterocycles. The molecule has 1 saturated carbocycles. The highest BCUT2D eigenvalue weighted by Crippen LogP contribution is 2.38. The molecule has 9 heteroatoms. The van der Waals surface area contributed by atoms with Crippen LogP contribution in [0.2, 0.25) is 0 Å². The van der Waals surface area contributed by atoms with Crippen molar-refractivity contribution in [1.82, 2.24) is 24.9 Å². The summed E-state index contributed by atoms with van der Waals surface area (Å²) in [6, 6.07) is 11.4. The van der Waals surface area contributed by atoms with Crippen LogP contribution in [0.5, 0.6) is 0 Å². The SMILES string of the molecule is Cc1nn(-c2ccccc2)c2sc(C(=O)NC3(CN4C(=O)CN(C)C4=O)CC3)cc12. The highest BCUT2D eigenvalue weighted by molar-refractivity contribution is 7.20. The van der Waals surface area contributed by atoms with Crippen LogP contribution in [0, 0.1) is 6.92 Å². The van der Waals surface area contributed by atoms with Crippen molar-refractivity contribution < 1.29 is 14.4 Å². The summed E-state index contributed by atoms with van der Waals surface area (Å²) >= 11 is 1.39. The molecule has 5 rings (SSSR count). The molecule has 1 aliphatic heterocycles. The second kappa shape index (κ2) is 6.66. The van der Waals surface area contributed by atoms with Gasteiger partial charge in [-0.25, -0.2) is 9.48 Å². The van der Waals surface area contributed by atoms with Crippen LogP contribution in [0.25, 0.3) is 15.9 Å². The smallest absolute Gasteiger partial charge is 0.327 e. The van der Waals surface area contributed by atoms with Gasteiger partial charge < -0.3 is 10.2 Å². The Labute approximate surface area is 177 Å². The van der Waals surface area contributed by atoms with Crippen molar-refractivity contribution in [3.05, 3.63) is 47.0 Å². The van der Waals surface area contributed by atoms with E-state index in [4.69, 9.17) is 0 Å². The van der Waals surface area contributed by atoms with E-state index in [2.05, 4.69) is 10.4 Å². The number of carbonyl (C=O) groups is 3. The number of rotatable bonds is 5. The van der Waals surface area contributed by atoms with Crippen LogP contribution in [-0.4, -0.2) is 63.1 Å². The van der Waals surface area contributed by atoms with Crippen molar-refractivity contribution in [1.29, 1.82) is 0 Å². The van der Waals surface area contributed by atoms with Gasteiger partial charge in [-0.15, -0.1) is 11.3 Å². The van der Waals surface area contributed by atoms with Gasteiger partial charge in [-0.05, 0) is 38.0 Å². The van der Waals surface area contributed by atoms with Gasteiger partial charge in [0.15, 0.2) is 0 Å². The maximum atomic E-state index is 13.0. The van der Waals surface area contributed by atoms with Crippen molar-refractivity contribution >= 4 is 39.4 Å². The van der Waals surface area contributed by atoms with Gasteiger partial charge in [0.2, 0.25) is 5.91 Å². The summed E-state index contributed by atoms with van der Waals surface area (Å²) in [4.78, 5) is 41.4. The summed E-state index contributed by atoms with van der Waals surface area (Å²) in [5, 5.41) is 8.63. The number of urea groups is 1. The van der Waals surface area contributed by atoms with E-state index in [-0.39, 0.29) is 30.9 Å². The number of thiophene rings is 1. The molecule has 30 heavy (non-hydrogen) atoms. The van der Waals surface area contributed by atoms with Gasteiger partial charge in [0.1, 0.15) is 11.4 Å². The molecule has 0 radical (unpaired) electrons. The summed E-state index contributed by atoms with van der Waals surface area (Å²) in [7, 11) is 1.61. The third-order valence-corrected chi connectivity index (χ3v) is 6.80. The summed E-state index contributed by atoms with van der Waals surface area (Å²) in [6.45, 7) is 2.25. The van der Waals surface area contributed by atoms with Crippen LogP contribution in [0.15, 0.2) is 36.4 Å². The fraction of sp³-hybridized carbons (Fsp3) is 0.333. The number of nitrogens with zero attached hydrogens (tertiary/aromatic N) is 4. The van der Waals surface area contributed by atoms with E-state index in [0.717, 1.165) is 34.4 Å². The molecule has 0 unspecified atom stereocenters. The first-order valence-electron chi connectivity index (χ1n) is 9.79. The van der Waals surface area contributed by atoms with Crippen LogP contribution in [0.4, 0.5) is 4.79 Å². The van der Waals surface area contributed by atoms with E-state index in [1.54, 1.807) is 7.05 Å². The Morgan fingerprint density at radius 1 is 1.23 bits per heavy atom. The molecule has 4 amide bonds. The van der Waals surface area contributed by atoms with Crippen LogP contribution < -0.4 is 5.32 Å². The van der Waals surface area contributed by atoms with Gasteiger partial charge in [0, 0.05) is 12.4 Å². The monoisotopic (exact) mass is 423 g/mol. The van der Waals surface area contributed by atoms with Crippen molar-refractivity contribution in [2.24, 2.45) is 0 Å². The minimum absolute atomic E-state index is 0.0917. The first-order valence-corrected chi connectivity index (χ1v) is 10.6. The third kappa shape index (κ3) is 3.06. The number of imide groups is 1. The Hall–Kier alpha value is -3.20. The highest BCUT2D eigenvalue weighted by Gasteiger charge is 2.49. The van der Waals surface area contributed by atoms with Crippen molar-refractivity contribution in [2.45, 2.75) is 25.3 Å². The first kappa shape index (κ1) is 18.8. The highest BCUT2D eigenvalue weighted by atomic mass is 32.1. The van der Waals surface area contributed by atoms with E-state index < -0.39 is 5.54 Å². The van der Waals surface area contributed by atoms with Crippen molar-refractivity contribution in [3.8, 4) is 5.69 Å². The minimum atomic E-state index is -0.524. The van der Waals surface area contributed by atoms with E-state index in [0.29, 0.717) is 4.88 Å². The zero-order chi connectivity index (χ0) is 21.0. The number of hydrogen-bond acceptors (Lipinski definition) is 5. The van der Waals surface area contributed by atoms with E-state index in [9.17, 15) is 14.4 Å². The number of carbonyl (C=O) groups excluding carboxylic acids is 3. The van der Waals surface area contributed by atoms with Crippen LogP contribution >= 0.6 is 11.3 Å². The number of aromatic nitrogens is 2. The van der Waals surface area contributed by atoms with E-state index >= 15 is 0 Å². The number of nitrogens with one attached hydrogen (secondary N) is 1. The molecule has 2 fully saturated rings. The Balaban J connectivity index is 1.38. The second-order valence-electron chi connectivity index (χ2n) is 8.02. The van der Waals surface area contributed by atoms with Crippen molar-refractivity contribution in [3.63, 3.8) is 0 Å². The Morgan fingerprint density at radius 3 is 2.60 bits per heavy atom. The molecule has 1 saturated heterocycles. The largest absolute Gasteiger partial charge is 0.344 e. The molecule has 1 aromatic carbocycles. The number of hydrogen-bond donors (Lipinski definition) is 1. The molecular weight excluding hydrogens is 402 g/mol. The maximum Gasteiger partial charge on any atom is 0.327 e. The second-order valence-corrected chi connectivity index (χ2v) is 9.05. The van der Waals surface area contributed by atoms with Gasteiger partial charge in [-0.3, -0.25) is 14.5 Å². The average molecular weight is 423 g/mol. The van der Waals surface area contributed by atoms with E-state index in [1.165, 1.54) is 21.1 Å². The van der Waals surface area contributed by atoms with Gasteiger partial charge in [0.25, 0.3) is 5.91 Å². The quantitative estimate of drug-likeness (QED) is 0.639. The van der Waals surface area contributed by atoms with Crippen molar-refractivity contribution in [2.75, 3.05) is 20.1 Å². The molecule has 154 valence electrons. The van der Waals surface area contributed by atoms with Gasteiger partial charge in [-0.1, -0.05) is 18.2 Å². The zero-order valence-corrected chi connectivity index (χ0v) is 17.5. The molecule has 8 nitrogen and oxygen atoms in total. The Bertz CT molecular complexity index is 1180. The zero-order valence-electron chi connectivity index (χ0n) is 16.7. The summed E-state index contributed by atoms with van der Waals surface area (Å²) in [5.74, 6) is -0.399. The average Bonchev–Trinajstić information content (AvgIpc) is 3.11. The number of likely N-dealkylation sites (N-methyl/N-ethyl adjacent to an activating group) is 1. The maximum absolute atomic E-state index is 13.0. The lowest BCUT2D eigenvalue weighted by atomic mass is 10.2. The van der Waals surface area contributed by atoms with Crippen LogP contribution in [0.3, 0.4) is 0 Å². The molecule has 2 aliphatic rings. The molecule has 0 spiro atoms. The molecular formula is C21H21N5O3S. The topological polar surface area (TPSA) is 87.5 Å². The lowest BCUT2D eigenvalue weighted by molar-refractivity contribution is -0.125.